The van der Waals surface area contributed by atoms with Gasteiger partial charge in [-0.15, -0.1) is 0 Å². The van der Waals surface area contributed by atoms with Gasteiger partial charge in [0.2, 0.25) is 0 Å². The molecule has 0 aliphatic carbocycles. The molecule has 1 aromatic rings. The standard InChI is InChI=1S/C19H23ClO8/c1-11(21)24-10-15-16(26-12(2)22)17(27-13(3)23)18(19(20)28-15)25-9-14-7-5-4-6-8-14/h4-8,15-19H,9-10H2,1-3H3/t15-,16-,17+,18-,19+/m1/s1. The van der Waals surface area contributed by atoms with Crippen molar-refractivity contribution in [2.24, 2.45) is 0 Å². The van der Waals surface area contributed by atoms with E-state index in [1.54, 1.807) is 0 Å². The first-order valence-electron chi connectivity index (χ1n) is 8.70. The second kappa shape index (κ2) is 10.4. The maximum absolute atomic E-state index is 11.7. The van der Waals surface area contributed by atoms with Gasteiger partial charge in [0.25, 0.3) is 0 Å². The van der Waals surface area contributed by atoms with Crippen molar-refractivity contribution < 1.29 is 38.1 Å². The van der Waals surface area contributed by atoms with Gasteiger partial charge in [-0.1, -0.05) is 41.9 Å². The van der Waals surface area contributed by atoms with E-state index in [1.165, 1.54) is 20.8 Å². The fourth-order valence-corrected chi connectivity index (χ4v) is 3.15. The highest BCUT2D eigenvalue weighted by atomic mass is 35.5. The summed E-state index contributed by atoms with van der Waals surface area (Å²) in [4.78, 5) is 34.4. The van der Waals surface area contributed by atoms with Crippen LogP contribution in [0, 0.1) is 0 Å². The third-order valence-corrected chi connectivity index (χ3v) is 4.27. The van der Waals surface area contributed by atoms with E-state index >= 15 is 0 Å². The van der Waals surface area contributed by atoms with Gasteiger partial charge in [-0.3, -0.25) is 14.4 Å². The SMILES string of the molecule is CC(=O)OC[C@H]1O[C@H](Cl)[C@H](OCc2ccccc2)[C@@H](OC(C)=O)[C@@H]1OC(C)=O. The number of carbonyl (C=O) groups excluding carboxylic acids is 3. The highest BCUT2D eigenvalue weighted by Crippen LogP contribution is 2.31. The molecule has 8 nitrogen and oxygen atoms in total. The molecule has 5 atom stereocenters. The minimum atomic E-state index is -1.06. The Morgan fingerprint density at radius 3 is 2.11 bits per heavy atom. The number of esters is 3. The minimum absolute atomic E-state index is 0.178. The largest absolute Gasteiger partial charge is 0.463 e. The van der Waals surface area contributed by atoms with Crippen LogP contribution in [0.3, 0.4) is 0 Å². The van der Waals surface area contributed by atoms with Crippen LogP contribution in [-0.4, -0.2) is 54.5 Å². The number of carbonyl (C=O) groups is 3. The lowest BCUT2D eigenvalue weighted by atomic mass is 9.99. The van der Waals surface area contributed by atoms with Crippen molar-refractivity contribution in [2.75, 3.05) is 6.61 Å². The van der Waals surface area contributed by atoms with Gasteiger partial charge in [0, 0.05) is 20.8 Å². The van der Waals surface area contributed by atoms with Gasteiger partial charge in [0.1, 0.15) is 18.8 Å². The zero-order valence-corrected chi connectivity index (χ0v) is 16.6. The van der Waals surface area contributed by atoms with E-state index in [0.29, 0.717) is 0 Å². The summed E-state index contributed by atoms with van der Waals surface area (Å²) >= 11 is 6.32. The predicted molar refractivity (Wildman–Crippen MR) is 97.3 cm³/mol. The Kier molecular flexibility index (Phi) is 8.22. The summed E-state index contributed by atoms with van der Waals surface area (Å²) in [6, 6.07) is 9.31. The van der Waals surface area contributed by atoms with Crippen molar-refractivity contribution in [2.45, 2.75) is 57.4 Å². The quantitative estimate of drug-likeness (QED) is 0.379. The summed E-state index contributed by atoms with van der Waals surface area (Å²) in [6.07, 6.45) is -3.93. The Labute approximate surface area is 168 Å². The molecule has 0 N–H and O–H groups in total. The normalized spacial score (nSPS) is 26.9. The zero-order chi connectivity index (χ0) is 20.7. The minimum Gasteiger partial charge on any atom is -0.463 e. The van der Waals surface area contributed by atoms with Gasteiger partial charge >= 0.3 is 17.9 Å². The van der Waals surface area contributed by atoms with Gasteiger partial charge in [0.05, 0.1) is 6.61 Å². The molecule has 0 radical (unpaired) electrons. The van der Waals surface area contributed by atoms with Crippen LogP contribution in [0.4, 0.5) is 0 Å². The maximum Gasteiger partial charge on any atom is 0.303 e. The molecule has 1 heterocycles. The number of rotatable bonds is 7. The average Bonchev–Trinajstić information content (AvgIpc) is 2.62. The Hall–Kier alpha value is -2.16. The van der Waals surface area contributed by atoms with Crippen molar-refractivity contribution in [3.05, 3.63) is 35.9 Å². The van der Waals surface area contributed by atoms with Crippen molar-refractivity contribution in [3.63, 3.8) is 0 Å². The van der Waals surface area contributed by atoms with E-state index < -0.39 is 47.9 Å². The second-order valence-corrected chi connectivity index (χ2v) is 6.67. The third kappa shape index (κ3) is 6.47. The van der Waals surface area contributed by atoms with Gasteiger partial charge < -0.3 is 23.7 Å². The molecule has 9 heteroatoms. The molecular formula is C19H23ClO8. The van der Waals surface area contributed by atoms with Crippen LogP contribution < -0.4 is 0 Å². The first-order chi connectivity index (χ1) is 13.3. The molecular weight excluding hydrogens is 392 g/mol. The molecule has 154 valence electrons. The summed E-state index contributed by atoms with van der Waals surface area (Å²) in [7, 11) is 0. The lowest BCUT2D eigenvalue weighted by Crippen LogP contribution is -2.60. The van der Waals surface area contributed by atoms with Crippen LogP contribution in [-0.2, 0) is 44.7 Å². The average molecular weight is 415 g/mol. The summed E-state index contributed by atoms with van der Waals surface area (Å²) in [5.41, 5.74) is -0.153. The third-order valence-electron chi connectivity index (χ3n) is 3.92. The smallest absolute Gasteiger partial charge is 0.303 e. The molecule has 0 spiro atoms. The van der Waals surface area contributed by atoms with E-state index in [4.69, 9.17) is 35.3 Å². The Bertz CT molecular complexity index is 680. The van der Waals surface area contributed by atoms with Crippen LogP contribution in [0.5, 0.6) is 0 Å². The van der Waals surface area contributed by atoms with Gasteiger partial charge in [-0.25, -0.2) is 0 Å². The fourth-order valence-electron chi connectivity index (χ4n) is 2.80. The van der Waals surface area contributed by atoms with Crippen LogP contribution >= 0.6 is 11.6 Å². The van der Waals surface area contributed by atoms with Crippen LogP contribution in [0.2, 0.25) is 0 Å². The number of hydrogen-bond acceptors (Lipinski definition) is 8. The van der Waals surface area contributed by atoms with Crippen molar-refractivity contribution in [3.8, 4) is 0 Å². The molecule has 0 bridgehead atoms. The lowest BCUT2D eigenvalue weighted by molar-refractivity contribution is -0.243. The van der Waals surface area contributed by atoms with Crippen LogP contribution in [0.1, 0.15) is 26.3 Å². The number of halogens is 1. The zero-order valence-electron chi connectivity index (χ0n) is 15.8. The molecule has 1 aliphatic heterocycles. The highest BCUT2D eigenvalue weighted by molar-refractivity contribution is 6.20. The summed E-state index contributed by atoms with van der Waals surface area (Å²) < 4.78 is 27.1. The van der Waals surface area contributed by atoms with Crippen LogP contribution in [0.15, 0.2) is 30.3 Å². The Morgan fingerprint density at radius 1 is 0.929 bits per heavy atom. The van der Waals surface area contributed by atoms with E-state index in [-0.39, 0.29) is 13.2 Å². The number of alkyl halides is 1. The number of benzene rings is 1. The fraction of sp³-hybridized carbons (Fsp3) is 0.526. The summed E-state index contributed by atoms with van der Waals surface area (Å²) in [5.74, 6) is -1.76. The van der Waals surface area contributed by atoms with Crippen LogP contribution in [0.25, 0.3) is 0 Å². The highest BCUT2D eigenvalue weighted by Gasteiger charge is 2.50. The van der Waals surface area contributed by atoms with Gasteiger partial charge in [0.15, 0.2) is 17.8 Å². The number of hydrogen-bond donors (Lipinski definition) is 0. The topological polar surface area (TPSA) is 97.4 Å². The first-order valence-corrected chi connectivity index (χ1v) is 9.14. The molecule has 0 unspecified atom stereocenters. The van der Waals surface area contributed by atoms with Crippen molar-refractivity contribution in [1.82, 2.24) is 0 Å². The molecule has 0 amide bonds. The summed E-state index contributed by atoms with van der Waals surface area (Å²) in [5, 5.41) is 0. The Balaban J connectivity index is 2.22. The van der Waals surface area contributed by atoms with Crippen molar-refractivity contribution >= 4 is 29.5 Å². The van der Waals surface area contributed by atoms with E-state index in [1.807, 2.05) is 30.3 Å². The predicted octanol–water partition coefficient (Wildman–Crippen LogP) is 1.96. The molecule has 0 aromatic heterocycles. The van der Waals surface area contributed by atoms with E-state index in [2.05, 4.69) is 0 Å². The van der Waals surface area contributed by atoms with Gasteiger partial charge in [-0.2, -0.15) is 0 Å². The van der Waals surface area contributed by atoms with Gasteiger partial charge in [-0.05, 0) is 5.56 Å². The summed E-state index contributed by atoms with van der Waals surface area (Å²) in [6.45, 7) is 3.62. The molecule has 1 aromatic carbocycles. The second-order valence-electron chi connectivity index (χ2n) is 6.24. The molecule has 0 saturated carbocycles. The Morgan fingerprint density at radius 2 is 1.54 bits per heavy atom. The maximum atomic E-state index is 11.7. The van der Waals surface area contributed by atoms with E-state index in [9.17, 15) is 14.4 Å². The first kappa shape index (κ1) is 22.1. The molecule has 2 rings (SSSR count). The lowest BCUT2D eigenvalue weighted by Gasteiger charge is -2.43. The molecule has 1 fully saturated rings. The monoisotopic (exact) mass is 414 g/mol. The molecule has 1 aliphatic rings. The molecule has 1 saturated heterocycles. The van der Waals surface area contributed by atoms with Crippen molar-refractivity contribution in [1.29, 1.82) is 0 Å². The van der Waals surface area contributed by atoms with E-state index in [0.717, 1.165) is 5.56 Å². The molecule has 28 heavy (non-hydrogen) atoms. The number of ether oxygens (including phenoxy) is 5.